The molecule has 0 aromatic heterocycles. The first kappa shape index (κ1) is 43.2. The number of hydrogen-bond acceptors (Lipinski definition) is 0. The van der Waals surface area contributed by atoms with Gasteiger partial charge in [-0.2, -0.15) is 21.9 Å². The molecule has 2 aliphatic rings. The van der Waals surface area contributed by atoms with Crippen molar-refractivity contribution >= 4 is 28.0 Å². The van der Waals surface area contributed by atoms with E-state index >= 15 is 35.1 Å². The average Bonchev–Trinajstić information content (AvgIpc) is 3.11. The van der Waals surface area contributed by atoms with E-state index in [-0.39, 0.29) is 24.3 Å². The standard InChI is InChI=1S/C28H16BF12.C14H27N/c1-9-21(13(30)5-17(34)25(9)38)29(22-10(2)26(39)18(35)6-14(22)31,23-11(3)27(40)19(36)7-15(23)32)24-12(4)28(41)20(37)8-16(24)33;1-13(9-5-3-6-10-13)15-14(2)11-7-4-8-12-14/h5-8H,1-4H3;15H,3-12H2,1-2H3/q-1;/p+1. The van der Waals surface area contributed by atoms with Gasteiger partial charge in [-0.25, -0.2) is 52.7 Å². The topological polar surface area (TPSA) is 16.6 Å². The Morgan fingerprint density at radius 3 is 0.804 bits per heavy atom. The smallest absolute Gasteiger partial charge is 0.161 e. The van der Waals surface area contributed by atoms with Crippen LogP contribution < -0.4 is 27.2 Å². The van der Waals surface area contributed by atoms with Gasteiger partial charge in [-0.1, -0.05) is 12.8 Å². The molecular weight excluding hydrogens is 757 g/mol. The molecule has 0 bridgehead atoms. The third kappa shape index (κ3) is 7.58. The van der Waals surface area contributed by atoms with Crippen LogP contribution in [0.1, 0.15) is 100 Å². The highest BCUT2D eigenvalue weighted by Gasteiger charge is 2.46. The maximum absolute atomic E-state index is 15.9. The van der Waals surface area contributed by atoms with E-state index in [4.69, 9.17) is 0 Å². The molecule has 2 saturated carbocycles. The molecule has 56 heavy (non-hydrogen) atoms. The Labute approximate surface area is 318 Å². The van der Waals surface area contributed by atoms with Gasteiger partial charge in [-0.15, -0.1) is 0 Å². The second-order valence-corrected chi connectivity index (χ2v) is 16.2. The van der Waals surface area contributed by atoms with E-state index in [1.807, 2.05) is 0 Å². The summed E-state index contributed by atoms with van der Waals surface area (Å²) in [6.07, 6.45) is 9.90. The molecule has 4 aromatic rings. The van der Waals surface area contributed by atoms with Crippen molar-refractivity contribution in [1.29, 1.82) is 0 Å². The maximum atomic E-state index is 15.9. The van der Waals surface area contributed by atoms with E-state index in [9.17, 15) is 17.6 Å². The molecule has 6 rings (SSSR count). The Morgan fingerprint density at radius 1 is 0.375 bits per heavy atom. The predicted molar refractivity (Wildman–Crippen MR) is 193 cm³/mol. The zero-order chi connectivity index (χ0) is 41.7. The van der Waals surface area contributed by atoms with E-state index < -0.39 is 120 Å². The van der Waals surface area contributed by atoms with Gasteiger partial charge in [0.05, 0.1) is 34.3 Å². The van der Waals surface area contributed by atoms with Gasteiger partial charge in [0, 0.05) is 49.9 Å². The van der Waals surface area contributed by atoms with Crippen LogP contribution in [0.5, 0.6) is 0 Å². The molecule has 0 atom stereocenters. The largest absolute Gasteiger partial charge is 0.337 e. The fourth-order valence-corrected chi connectivity index (χ4v) is 9.76. The van der Waals surface area contributed by atoms with Gasteiger partial charge in [0.1, 0.15) is 6.15 Å². The minimum atomic E-state index is -4.68. The highest BCUT2D eigenvalue weighted by Crippen LogP contribution is 2.31. The van der Waals surface area contributed by atoms with Crippen molar-refractivity contribution in [3.05, 3.63) is 116 Å². The predicted octanol–water partition coefficient (Wildman–Crippen LogP) is 8.96. The lowest BCUT2D eigenvalue weighted by molar-refractivity contribution is -0.789. The van der Waals surface area contributed by atoms with Crippen LogP contribution >= 0.6 is 0 Å². The summed E-state index contributed by atoms with van der Waals surface area (Å²) in [5.41, 5.74) is -8.76. The summed E-state index contributed by atoms with van der Waals surface area (Å²) in [6, 6.07) is -0.494. The van der Waals surface area contributed by atoms with Gasteiger partial charge in [-0.3, -0.25) is 0 Å². The Hall–Kier alpha value is -3.94. The number of rotatable bonds is 6. The molecular formula is C42H44BF12N. The summed E-state index contributed by atoms with van der Waals surface area (Å²) in [5.74, 6) is -22.3. The Kier molecular flexibility index (Phi) is 12.4. The van der Waals surface area contributed by atoms with Crippen molar-refractivity contribution in [2.45, 2.75) is 117 Å². The molecule has 0 aliphatic heterocycles. The summed E-state index contributed by atoms with van der Waals surface area (Å²) >= 11 is 0. The first-order valence-electron chi connectivity index (χ1n) is 18.7. The van der Waals surface area contributed by atoms with Gasteiger partial charge in [0.15, 0.2) is 46.5 Å². The quantitative estimate of drug-likeness (QED) is 0.114. The average molecular weight is 802 g/mol. The van der Waals surface area contributed by atoms with Crippen molar-refractivity contribution in [3.8, 4) is 0 Å². The van der Waals surface area contributed by atoms with Crippen molar-refractivity contribution in [2.24, 2.45) is 0 Å². The summed E-state index contributed by atoms with van der Waals surface area (Å²) in [7, 11) is 0. The van der Waals surface area contributed by atoms with Crippen LogP contribution in [-0.4, -0.2) is 17.2 Å². The molecule has 0 amide bonds. The molecule has 0 saturated heterocycles. The number of quaternary nitrogens is 1. The van der Waals surface area contributed by atoms with Crippen molar-refractivity contribution < 1.29 is 58.0 Å². The van der Waals surface area contributed by atoms with Crippen molar-refractivity contribution in [3.63, 3.8) is 0 Å². The van der Waals surface area contributed by atoms with Gasteiger partial charge in [0.2, 0.25) is 0 Å². The maximum Gasteiger partial charge on any atom is 0.161 e. The van der Waals surface area contributed by atoms with Gasteiger partial charge in [0.25, 0.3) is 0 Å². The second-order valence-electron chi connectivity index (χ2n) is 16.2. The molecule has 2 N–H and O–H groups in total. The fourth-order valence-electron chi connectivity index (χ4n) is 9.76. The number of benzene rings is 4. The van der Waals surface area contributed by atoms with Crippen LogP contribution in [0.4, 0.5) is 52.7 Å². The van der Waals surface area contributed by atoms with Crippen molar-refractivity contribution in [1.82, 2.24) is 0 Å². The number of halogens is 12. The number of nitrogens with two attached hydrogens (primary N) is 1. The van der Waals surface area contributed by atoms with Crippen LogP contribution in [0.15, 0.2) is 24.3 Å². The zero-order valence-corrected chi connectivity index (χ0v) is 32.1. The molecule has 14 heteroatoms. The first-order chi connectivity index (χ1) is 26.1. The van der Waals surface area contributed by atoms with E-state index in [1.54, 1.807) is 0 Å². The van der Waals surface area contributed by atoms with Gasteiger partial charge >= 0.3 is 0 Å². The monoisotopic (exact) mass is 801 g/mol. The Morgan fingerprint density at radius 2 is 0.589 bits per heavy atom. The fraction of sp³-hybridized carbons (Fsp3) is 0.429. The zero-order valence-electron chi connectivity index (χ0n) is 32.1. The van der Waals surface area contributed by atoms with Crippen LogP contribution in [0.25, 0.3) is 0 Å². The highest BCUT2D eigenvalue weighted by atomic mass is 19.2. The van der Waals surface area contributed by atoms with Crippen LogP contribution in [0.2, 0.25) is 0 Å². The minimum Gasteiger partial charge on any atom is -0.337 e. The van der Waals surface area contributed by atoms with Crippen LogP contribution in [0.3, 0.4) is 0 Å². The van der Waals surface area contributed by atoms with Crippen molar-refractivity contribution in [2.75, 3.05) is 0 Å². The first-order valence-corrected chi connectivity index (χ1v) is 18.7. The molecule has 2 aliphatic carbocycles. The Balaban J connectivity index is 0.000000332. The summed E-state index contributed by atoms with van der Waals surface area (Å²) in [6.45, 7) is 7.68. The van der Waals surface area contributed by atoms with Crippen LogP contribution in [-0.2, 0) is 0 Å². The van der Waals surface area contributed by atoms with Gasteiger partial charge in [-0.05, 0) is 89.5 Å². The summed E-state index contributed by atoms with van der Waals surface area (Å²) < 4.78 is 181. The lowest BCUT2D eigenvalue weighted by atomic mass is 9.11. The lowest BCUT2D eigenvalue weighted by Crippen LogP contribution is -3.05. The highest BCUT2D eigenvalue weighted by molar-refractivity contribution is 7.20. The molecule has 0 spiro atoms. The third-order valence-electron chi connectivity index (χ3n) is 12.2. The SMILES string of the molecule is CC1([NH2+]C2(C)CCCCC2)CCCCC1.Cc1c(F)c(F)cc(F)c1[B-](c1c(F)cc(F)c(F)c1C)(c1c(F)cc(F)c(F)c1C)c1c(F)cc(F)c(F)c1C. The summed E-state index contributed by atoms with van der Waals surface area (Å²) in [5, 5.41) is 2.76. The Bertz CT molecular complexity index is 1870. The molecule has 0 radical (unpaired) electrons. The van der Waals surface area contributed by atoms with E-state index in [2.05, 4.69) is 19.2 Å². The molecule has 0 heterocycles. The van der Waals surface area contributed by atoms with E-state index in [0.717, 1.165) is 0 Å². The third-order valence-corrected chi connectivity index (χ3v) is 12.2. The number of hydrogen-bond donors (Lipinski definition) is 1. The lowest BCUT2D eigenvalue weighted by Gasteiger charge is -2.48. The summed E-state index contributed by atoms with van der Waals surface area (Å²) in [4.78, 5) is 0. The minimum absolute atomic E-state index is 0.123. The molecule has 4 aromatic carbocycles. The van der Waals surface area contributed by atoms with E-state index in [0.29, 0.717) is 38.8 Å². The molecule has 2 fully saturated rings. The van der Waals surface area contributed by atoms with Gasteiger partial charge < -0.3 is 5.32 Å². The molecule has 0 unspecified atom stereocenters. The van der Waals surface area contributed by atoms with Crippen LogP contribution in [0, 0.1) is 97.5 Å². The second kappa shape index (κ2) is 16.1. The van der Waals surface area contributed by atoms with E-state index in [1.165, 1.54) is 64.2 Å². The molecule has 1 nitrogen and oxygen atoms in total. The molecule has 304 valence electrons. The normalized spacial score (nSPS) is 16.8.